The van der Waals surface area contributed by atoms with E-state index in [0.717, 1.165) is 11.1 Å². The van der Waals surface area contributed by atoms with Crippen LogP contribution >= 0.6 is 11.8 Å². The lowest BCUT2D eigenvalue weighted by Gasteiger charge is -2.12. The number of benzene rings is 2. The average Bonchev–Trinajstić information content (AvgIpc) is 3.10. The van der Waals surface area contributed by atoms with Crippen molar-refractivity contribution in [3.63, 3.8) is 0 Å². The molecule has 5 nitrogen and oxygen atoms in total. The van der Waals surface area contributed by atoms with E-state index in [0.29, 0.717) is 16.7 Å². The number of halogens is 1. The van der Waals surface area contributed by atoms with Crippen molar-refractivity contribution in [2.75, 3.05) is 14.1 Å². The summed E-state index contributed by atoms with van der Waals surface area (Å²) in [6.07, 6.45) is 1.59. The minimum Gasteiger partial charge on any atom is -0.431 e. The lowest BCUT2D eigenvalue weighted by molar-refractivity contribution is 0.466. The summed E-state index contributed by atoms with van der Waals surface area (Å²) in [6, 6.07) is 12.8. The van der Waals surface area contributed by atoms with Gasteiger partial charge in [-0.05, 0) is 42.0 Å². The summed E-state index contributed by atoms with van der Waals surface area (Å²) in [6.45, 7) is 0. The predicted molar refractivity (Wildman–Crippen MR) is 98.8 cm³/mol. The Balaban J connectivity index is 1.71. The molecule has 0 saturated heterocycles. The third-order valence-electron chi connectivity index (χ3n) is 3.65. The molecule has 2 aromatic carbocycles. The molecule has 136 valence electrons. The van der Waals surface area contributed by atoms with Crippen molar-refractivity contribution in [2.45, 2.75) is 15.9 Å². The first-order valence-electron chi connectivity index (χ1n) is 7.72. The Bertz CT molecular complexity index is 999. The Morgan fingerprint density at radius 3 is 2.58 bits per heavy atom. The van der Waals surface area contributed by atoms with Crippen molar-refractivity contribution < 1.29 is 17.2 Å². The van der Waals surface area contributed by atoms with Crippen LogP contribution in [0, 0.1) is 5.82 Å². The van der Waals surface area contributed by atoms with E-state index in [-0.39, 0.29) is 10.7 Å². The van der Waals surface area contributed by atoms with Gasteiger partial charge in [-0.15, -0.1) is 0 Å². The average molecular weight is 392 g/mol. The van der Waals surface area contributed by atoms with Gasteiger partial charge in [-0.25, -0.2) is 22.1 Å². The van der Waals surface area contributed by atoms with Crippen molar-refractivity contribution >= 4 is 21.8 Å². The summed E-state index contributed by atoms with van der Waals surface area (Å²) < 4.78 is 44.2. The number of hydrogen-bond donors (Lipinski definition) is 0. The molecule has 0 radical (unpaired) electrons. The van der Waals surface area contributed by atoms with Crippen LogP contribution in [-0.4, -0.2) is 31.8 Å². The van der Waals surface area contributed by atoms with Crippen molar-refractivity contribution in [1.29, 1.82) is 0 Å². The topological polar surface area (TPSA) is 63.4 Å². The molecule has 1 heterocycles. The highest BCUT2D eigenvalue weighted by atomic mass is 32.2. The van der Waals surface area contributed by atoms with Crippen molar-refractivity contribution in [3.05, 3.63) is 66.1 Å². The third-order valence-corrected chi connectivity index (χ3v) is 6.38. The summed E-state index contributed by atoms with van der Waals surface area (Å²) in [4.78, 5) is 4.46. The van der Waals surface area contributed by atoms with Crippen molar-refractivity contribution in [3.8, 4) is 11.3 Å². The van der Waals surface area contributed by atoms with Gasteiger partial charge >= 0.3 is 0 Å². The number of oxazole rings is 1. The summed E-state index contributed by atoms with van der Waals surface area (Å²) in [5.41, 5.74) is 1.59. The van der Waals surface area contributed by atoms with Gasteiger partial charge in [-0.2, -0.15) is 0 Å². The van der Waals surface area contributed by atoms with Gasteiger partial charge in [0, 0.05) is 25.4 Å². The van der Waals surface area contributed by atoms with Crippen LogP contribution in [0.3, 0.4) is 0 Å². The van der Waals surface area contributed by atoms with Gasteiger partial charge in [-0.1, -0.05) is 23.9 Å². The minimum absolute atomic E-state index is 0.250. The lowest BCUT2D eigenvalue weighted by atomic mass is 10.2. The van der Waals surface area contributed by atoms with Crippen LogP contribution in [0.25, 0.3) is 11.3 Å². The maximum absolute atomic E-state index is 13.0. The molecular formula is C18H17FN2O3S2. The molecule has 1 aromatic heterocycles. The first-order valence-corrected chi connectivity index (χ1v) is 10.1. The molecule has 0 fully saturated rings. The third kappa shape index (κ3) is 4.14. The quantitative estimate of drug-likeness (QED) is 0.593. The second-order valence-electron chi connectivity index (χ2n) is 5.72. The Morgan fingerprint density at radius 1 is 1.15 bits per heavy atom. The standard InChI is InChI=1S/C18H17FN2O3S2/c1-21(2)26(22,23)16-5-3-4-13(10-16)12-25-18-20-11-17(24-18)14-6-8-15(19)9-7-14/h3-11H,12H2,1-2H3. The summed E-state index contributed by atoms with van der Waals surface area (Å²) in [5.74, 6) is 0.757. The Kier molecular flexibility index (Phi) is 5.45. The molecule has 3 aromatic rings. The highest BCUT2D eigenvalue weighted by Crippen LogP contribution is 2.28. The first kappa shape index (κ1) is 18.6. The van der Waals surface area contributed by atoms with Gasteiger partial charge in [0.25, 0.3) is 5.22 Å². The fraction of sp³-hybridized carbons (Fsp3) is 0.167. The zero-order valence-corrected chi connectivity index (χ0v) is 15.8. The molecule has 0 saturated carbocycles. The molecule has 26 heavy (non-hydrogen) atoms. The van der Waals surface area contributed by atoms with Gasteiger partial charge in [0.1, 0.15) is 5.82 Å². The second kappa shape index (κ2) is 7.61. The van der Waals surface area contributed by atoms with Gasteiger partial charge in [0.15, 0.2) is 5.76 Å². The molecule has 8 heteroatoms. The zero-order valence-electron chi connectivity index (χ0n) is 14.2. The zero-order chi connectivity index (χ0) is 18.7. The molecule has 0 aliphatic heterocycles. The van der Waals surface area contributed by atoms with Crippen LogP contribution in [0.15, 0.2) is 69.3 Å². The van der Waals surface area contributed by atoms with Crippen LogP contribution in [0.5, 0.6) is 0 Å². The normalized spacial score (nSPS) is 11.8. The van der Waals surface area contributed by atoms with E-state index >= 15 is 0 Å². The van der Waals surface area contributed by atoms with Crippen LogP contribution in [0.1, 0.15) is 5.56 Å². The number of rotatable bonds is 6. The van der Waals surface area contributed by atoms with E-state index in [4.69, 9.17) is 4.42 Å². The summed E-state index contributed by atoms with van der Waals surface area (Å²) in [5, 5.41) is 0.463. The molecule has 0 atom stereocenters. The van der Waals surface area contributed by atoms with E-state index in [1.165, 1.54) is 42.3 Å². The maximum atomic E-state index is 13.0. The number of sulfonamides is 1. The van der Waals surface area contributed by atoms with E-state index in [1.54, 1.807) is 36.5 Å². The number of hydrogen-bond acceptors (Lipinski definition) is 5. The van der Waals surface area contributed by atoms with E-state index in [1.807, 2.05) is 6.07 Å². The lowest BCUT2D eigenvalue weighted by Crippen LogP contribution is -2.22. The van der Waals surface area contributed by atoms with Gasteiger partial charge < -0.3 is 4.42 Å². The highest BCUT2D eigenvalue weighted by Gasteiger charge is 2.17. The van der Waals surface area contributed by atoms with Crippen molar-refractivity contribution in [2.24, 2.45) is 0 Å². The monoisotopic (exact) mass is 392 g/mol. The van der Waals surface area contributed by atoms with Gasteiger partial charge in [0.05, 0.1) is 11.1 Å². The molecule has 0 aliphatic carbocycles. The Morgan fingerprint density at radius 2 is 1.88 bits per heavy atom. The molecular weight excluding hydrogens is 375 g/mol. The summed E-state index contributed by atoms with van der Waals surface area (Å²) >= 11 is 1.36. The van der Waals surface area contributed by atoms with Crippen LogP contribution in [-0.2, 0) is 15.8 Å². The maximum Gasteiger partial charge on any atom is 0.256 e. The molecule has 0 bridgehead atoms. The van der Waals surface area contributed by atoms with E-state index < -0.39 is 10.0 Å². The number of thioether (sulfide) groups is 1. The molecule has 3 rings (SSSR count). The minimum atomic E-state index is -3.46. The van der Waals surface area contributed by atoms with Crippen LogP contribution in [0.4, 0.5) is 4.39 Å². The Hall–Kier alpha value is -2.16. The molecule has 0 spiro atoms. The van der Waals surface area contributed by atoms with Gasteiger partial charge in [0.2, 0.25) is 10.0 Å². The SMILES string of the molecule is CN(C)S(=O)(=O)c1cccc(CSc2ncc(-c3ccc(F)cc3)o2)c1. The van der Waals surface area contributed by atoms with Crippen LogP contribution < -0.4 is 0 Å². The summed E-state index contributed by atoms with van der Waals surface area (Å²) in [7, 11) is -0.462. The van der Waals surface area contributed by atoms with Crippen LogP contribution in [0.2, 0.25) is 0 Å². The number of aromatic nitrogens is 1. The molecule has 0 amide bonds. The molecule has 0 aliphatic rings. The Labute approximate surface area is 155 Å². The molecule has 0 N–H and O–H groups in total. The first-order chi connectivity index (χ1) is 12.4. The largest absolute Gasteiger partial charge is 0.431 e. The second-order valence-corrected chi connectivity index (χ2v) is 8.80. The predicted octanol–water partition coefficient (Wildman–Crippen LogP) is 4.02. The van der Waals surface area contributed by atoms with Gasteiger partial charge in [-0.3, -0.25) is 0 Å². The molecule has 0 unspecified atom stereocenters. The van der Waals surface area contributed by atoms with E-state index in [2.05, 4.69) is 4.98 Å². The smallest absolute Gasteiger partial charge is 0.256 e. The highest BCUT2D eigenvalue weighted by molar-refractivity contribution is 7.98. The fourth-order valence-electron chi connectivity index (χ4n) is 2.22. The number of nitrogens with zero attached hydrogens (tertiary/aromatic N) is 2. The van der Waals surface area contributed by atoms with E-state index in [9.17, 15) is 12.8 Å². The fourth-order valence-corrected chi connectivity index (χ4v) is 3.94. The van der Waals surface area contributed by atoms with Crippen molar-refractivity contribution in [1.82, 2.24) is 9.29 Å².